The number of hydrogen-bond donors (Lipinski definition) is 1. The summed E-state index contributed by atoms with van der Waals surface area (Å²) < 4.78 is 25.6. The zero-order valence-electron chi connectivity index (χ0n) is 9.29. The molecule has 0 aromatic heterocycles. The van der Waals surface area contributed by atoms with Crippen molar-refractivity contribution >= 4 is 0 Å². The molecule has 0 saturated heterocycles. The van der Waals surface area contributed by atoms with Crippen LogP contribution < -0.4 is 0 Å². The summed E-state index contributed by atoms with van der Waals surface area (Å²) in [5.41, 5.74) is 0.652. The topological polar surface area (TPSA) is 20.2 Å². The number of rotatable bonds is 4. The van der Waals surface area contributed by atoms with E-state index >= 15 is 0 Å². The summed E-state index contributed by atoms with van der Waals surface area (Å²) >= 11 is 0. The Labute approximate surface area is 94.1 Å². The van der Waals surface area contributed by atoms with Crippen molar-refractivity contribution in [2.75, 3.05) is 0 Å². The van der Waals surface area contributed by atoms with E-state index in [-0.39, 0.29) is 5.92 Å². The van der Waals surface area contributed by atoms with Gasteiger partial charge in [0.1, 0.15) is 0 Å². The van der Waals surface area contributed by atoms with Crippen molar-refractivity contribution in [3.8, 4) is 0 Å². The first-order valence-electron chi connectivity index (χ1n) is 5.70. The van der Waals surface area contributed by atoms with Crippen LogP contribution in [-0.4, -0.2) is 11.2 Å². The minimum Gasteiger partial charge on any atom is -0.392 e. The molecule has 1 aromatic rings. The summed E-state index contributed by atoms with van der Waals surface area (Å²) in [6, 6.07) is 3.80. The fraction of sp³-hybridized carbons (Fsp3) is 0.538. The van der Waals surface area contributed by atoms with Gasteiger partial charge in [-0.25, -0.2) is 8.78 Å². The Morgan fingerprint density at radius 3 is 2.56 bits per heavy atom. The van der Waals surface area contributed by atoms with Crippen molar-refractivity contribution in [2.24, 2.45) is 11.8 Å². The van der Waals surface area contributed by atoms with Crippen LogP contribution in [0.3, 0.4) is 0 Å². The van der Waals surface area contributed by atoms with Gasteiger partial charge < -0.3 is 5.11 Å². The van der Waals surface area contributed by atoms with Gasteiger partial charge in [0.25, 0.3) is 0 Å². The lowest BCUT2D eigenvalue weighted by Crippen LogP contribution is -2.22. The Hall–Kier alpha value is -0.960. The Morgan fingerprint density at radius 1 is 1.31 bits per heavy atom. The monoisotopic (exact) mass is 226 g/mol. The number of aliphatic hydroxyl groups is 1. The molecule has 1 aromatic carbocycles. The van der Waals surface area contributed by atoms with E-state index in [4.69, 9.17) is 0 Å². The van der Waals surface area contributed by atoms with E-state index in [9.17, 15) is 13.9 Å². The van der Waals surface area contributed by atoms with E-state index in [1.807, 2.05) is 6.92 Å². The minimum absolute atomic E-state index is 0.244. The van der Waals surface area contributed by atoms with Crippen molar-refractivity contribution in [2.45, 2.75) is 32.3 Å². The highest BCUT2D eigenvalue weighted by Crippen LogP contribution is 2.38. The molecule has 1 aliphatic carbocycles. The van der Waals surface area contributed by atoms with Crippen LogP contribution in [0.2, 0.25) is 0 Å². The molecule has 1 nitrogen and oxygen atoms in total. The first-order chi connectivity index (χ1) is 7.58. The third-order valence-electron chi connectivity index (χ3n) is 3.40. The zero-order valence-corrected chi connectivity index (χ0v) is 9.29. The van der Waals surface area contributed by atoms with Gasteiger partial charge in [0.05, 0.1) is 6.10 Å². The maximum absolute atomic E-state index is 12.9. The van der Waals surface area contributed by atoms with Crippen LogP contribution in [0.4, 0.5) is 8.78 Å². The number of halogens is 2. The minimum atomic E-state index is -0.844. The van der Waals surface area contributed by atoms with Gasteiger partial charge in [0, 0.05) is 0 Å². The predicted molar refractivity (Wildman–Crippen MR) is 58.0 cm³/mol. The molecule has 2 rings (SSSR count). The van der Waals surface area contributed by atoms with E-state index in [1.54, 1.807) is 0 Å². The van der Waals surface area contributed by atoms with Gasteiger partial charge in [-0.3, -0.25) is 0 Å². The average Bonchev–Trinajstić information content (AvgIpc) is 3.06. The molecular weight excluding hydrogens is 210 g/mol. The van der Waals surface area contributed by atoms with Crippen LogP contribution in [0.25, 0.3) is 0 Å². The van der Waals surface area contributed by atoms with Crippen molar-refractivity contribution in [3.63, 3.8) is 0 Å². The summed E-state index contributed by atoms with van der Waals surface area (Å²) in [7, 11) is 0. The summed E-state index contributed by atoms with van der Waals surface area (Å²) in [5, 5.41) is 9.93. The quantitative estimate of drug-likeness (QED) is 0.837. The highest BCUT2D eigenvalue weighted by molar-refractivity contribution is 5.18. The molecule has 0 heterocycles. The van der Waals surface area contributed by atoms with Crippen molar-refractivity contribution < 1.29 is 13.9 Å². The molecule has 88 valence electrons. The summed E-state index contributed by atoms with van der Waals surface area (Å²) in [4.78, 5) is 0. The Morgan fingerprint density at radius 2 is 2.00 bits per heavy atom. The molecule has 3 heteroatoms. The first kappa shape index (κ1) is 11.5. The molecule has 2 unspecified atom stereocenters. The standard InChI is InChI=1S/C13H16F2O/c1-8(10-3-4-10)13(16)7-9-2-5-11(14)12(15)6-9/h2,5-6,8,10,13,16H,3-4,7H2,1H3. The average molecular weight is 226 g/mol. The van der Waals surface area contributed by atoms with Gasteiger partial charge in [0.15, 0.2) is 11.6 Å². The van der Waals surface area contributed by atoms with Crippen molar-refractivity contribution in [1.29, 1.82) is 0 Å². The Kier molecular flexibility index (Phi) is 3.24. The molecular formula is C13H16F2O. The maximum Gasteiger partial charge on any atom is 0.159 e. The normalized spacial score (nSPS) is 19.5. The summed E-state index contributed by atoms with van der Waals surface area (Å²) in [6.07, 6.45) is 2.29. The lowest BCUT2D eigenvalue weighted by atomic mass is 9.94. The SMILES string of the molecule is CC(C(O)Cc1ccc(F)c(F)c1)C1CC1. The second-order valence-electron chi connectivity index (χ2n) is 4.72. The molecule has 1 aliphatic rings. The van der Waals surface area contributed by atoms with Gasteiger partial charge in [-0.05, 0) is 48.8 Å². The molecule has 0 aliphatic heterocycles. The maximum atomic E-state index is 12.9. The highest BCUT2D eigenvalue weighted by atomic mass is 19.2. The lowest BCUT2D eigenvalue weighted by Gasteiger charge is -2.18. The molecule has 0 radical (unpaired) electrons. The highest BCUT2D eigenvalue weighted by Gasteiger charge is 2.32. The molecule has 16 heavy (non-hydrogen) atoms. The van der Waals surface area contributed by atoms with Gasteiger partial charge in [-0.2, -0.15) is 0 Å². The molecule has 0 bridgehead atoms. The summed E-state index contributed by atoms with van der Waals surface area (Å²) in [6.45, 7) is 2.02. The molecule has 0 amide bonds. The van der Waals surface area contributed by atoms with E-state index in [0.717, 1.165) is 12.1 Å². The van der Waals surface area contributed by atoms with Gasteiger partial charge in [0.2, 0.25) is 0 Å². The largest absolute Gasteiger partial charge is 0.392 e. The van der Waals surface area contributed by atoms with Gasteiger partial charge in [-0.15, -0.1) is 0 Å². The third-order valence-corrected chi connectivity index (χ3v) is 3.40. The van der Waals surface area contributed by atoms with Gasteiger partial charge >= 0.3 is 0 Å². The molecule has 1 N–H and O–H groups in total. The van der Waals surface area contributed by atoms with Crippen molar-refractivity contribution in [1.82, 2.24) is 0 Å². The Balaban J connectivity index is 1.99. The van der Waals surface area contributed by atoms with Crippen molar-refractivity contribution in [3.05, 3.63) is 35.4 Å². The second kappa shape index (κ2) is 4.50. The van der Waals surface area contributed by atoms with Crippen LogP contribution in [0.1, 0.15) is 25.3 Å². The fourth-order valence-electron chi connectivity index (χ4n) is 2.03. The van der Waals surface area contributed by atoms with E-state index in [1.165, 1.54) is 18.9 Å². The van der Waals surface area contributed by atoms with E-state index in [0.29, 0.717) is 17.9 Å². The zero-order chi connectivity index (χ0) is 11.7. The first-order valence-corrected chi connectivity index (χ1v) is 5.70. The van der Waals surface area contributed by atoms with E-state index in [2.05, 4.69) is 0 Å². The summed E-state index contributed by atoms with van der Waals surface area (Å²) in [5.74, 6) is -0.828. The smallest absolute Gasteiger partial charge is 0.159 e. The predicted octanol–water partition coefficient (Wildman–Crippen LogP) is 2.91. The molecule has 2 atom stereocenters. The second-order valence-corrected chi connectivity index (χ2v) is 4.72. The van der Waals surface area contributed by atoms with Crippen LogP contribution in [-0.2, 0) is 6.42 Å². The van der Waals surface area contributed by atoms with Crippen LogP contribution in [0.5, 0.6) is 0 Å². The lowest BCUT2D eigenvalue weighted by molar-refractivity contribution is 0.105. The Bertz CT molecular complexity index is 374. The number of aliphatic hydroxyl groups excluding tert-OH is 1. The van der Waals surface area contributed by atoms with Crippen LogP contribution in [0, 0.1) is 23.5 Å². The number of hydrogen-bond acceptors (Lipinski definition) is 1. The van der Waals surface area contributed by atoms with Crippen LogP contribution >= 0.6 is 0 Å². The fourth-order valence-corrected chi connectivity index (χ4v) is 2.03. The van der Waals surface area contributed by atoms with Gasteiger partial charge in [-0.1, -0.05) is 13.0 Å². The molecule has 1 saturated carbocycles. The molecule has 0 spiro atoms. The number of benzene rings is 1. The molecule has 1 fully saturated rings. The van der Waals surface area contributed by atoms with E-state index < -0.39 is 17.7 Å². The van der Waals surface area contributed by atoms with Crippen LogP contribution in [0.15, 0.2) is 18.2 Å². The third kappa shape index (κ3) is 2.59.